The van der Waals surface area contributed by atoms with Gasteiger partial charge in [0.25, 0.3) is 0 Å². The highest BCUT2D eigenvalue weighted by Crippen LogP contribution is 2.40. The van der Waals surface area contributed by atoms with Gasteiger partial charge >= 0.3 is 0 Å². The van der Waals surface area contributed by atoms with Crippen molar-refractivity contribution >= 4 is 57.0 Å². The van der Waals surface area contributed by atoms with E-state index in [1.807, 2.05) is 54.6 Å². The molecule has 0 fully saturated rings. The van der Waals surface area contributed by atoms with Crippen LogP contribution in [-0.2, 0) is 0 Å². The maximum absolute atomic E-state index is 9.19. The van der Waals surface area contributed by atoms with Crippen LogP contribution < -0.4 is 5.22 Å². The normalized spacial score (nSPS) is 14.3. The molecule has 30 heavy (non-hydrogen) atoms. The van der Waals surface area contributed by atoms with Gasteiger partial charge in [-0.05, 0) is 73.9 Å². The Hall–Kier alpha value is -3.84. The van der Waals surface area contributed by atoms with Gasteiger partial charge in [-0.15, -0.1) is 0 Å². The van der Waals surface area contributed by atoms with Crippen molar-refractivity contribution < 1.29 is 0 Å². The van der Waals surface area contributed by atoms with E-state index in [0.717, 1.165) is 47.9 Å². The second-order valence-corrected chi connectivity index (χ2v) is 7.81. The fourth-order valence-corrected chi connectivity index (χ4v) is 4.63. The number of halogens is 1. The van der Waals surface area contributed by atoms with Crippen molar-refractivity contribution in [2.24, 2.45) is 0 Å². The minimum Gasteiger partial charge on any atom is -0.192 e. The highest BCUT2D eigenvalue weighted by Gasteiger charge is 2.21. The quantitative estimate of drug-likeness (QED) is 0.424. The van der Waals surface area contributed by atoms with Crippen molar-refractivity contribution in [3.05, 3.63) is 68.4 Å². The molecule has 0 heterocycles. The van der Waals surface area contributed by atoms with Crippen LogP contribution in [0.1, 0.15) is 23.4 Å². The molecule has 1 unspecified atom stereocenters. The van der Waals surface area contributed by atoms with E-state index in [0.29, 0.717) is 6.42 Å². The smallest absolute Gasteiger partial charge is 0.130 e. The molecule has 4 rings (SSSR count). The Balaban J connectivity index is 2.23. The Morgan fingerprint density at radius 1 is 0.900 bits per heavy atom. The molecule has 3 aromatic rings. The minimum atomic E-state index is -0.274. The monoisotopic (exact) mass is 444 g/mol. The zero-order valence-electron chi connectivity index (χ0n) is 15.6. The second-order valence-electron chi connectivity index (χ2n) is 6.96. The summed E-state index contributed by atoms with van der Waals surface area (Å²) in [4.78, 5) is 0. The van der Waals surface area contributed by atoms with Crippen molar-refractivity contribution in [3.63, 3.8) is 0 Å². The van der Waals surface area contributed by atoms with Crippen molar-refractivity contribution in [1.82, 2.24) is 0 Å². The van der Waals surface area contributed by atoms with Crippen molar-refractivity contribution in [2.75, 3.05) is 0 Å². The second kappa shape index (κ2) is 7.53. The lowest BCUT2D eigenvalue weighted by Gasteiger charge is -2.24. The molecule has 4 nitrogen and oxygen atoms in total. The number of rotatable bonds is 2. The first-order valence-electron chi connectivity index (χ1n) is 9.02. The summed E-state index contributed by atoms with van der Waals surface area (Å²) in [5.41, 5.74) is 2.64. The number of hydrogen-bond acceptors (Lipinski definition) is 4. The molecule has 0 saturated carbocycles. The molecule has 0 aromatic heterocycles. The molecule has 1 atom stereocenters. The van der Waals surface area contributed by atoms with Crippen LogP contribution in [0.25, 0.3) is 33.2 Å². The van der Waals surface area contributed by atoms with Crippen LogP contribution in [0.3, 0.4) is 0 Å². The van der Waals surface area contributed by atoms with Gasteiger partial charge < -0.3 is 0 Å². The van der Waals surface area contributed by atoms with E-state index in [2.05, 4.69) is 15.9 Å². The number of nitriles is 4. The molecule has 0 saturated heterocycles. The van der Waals surface area contributed by atoms with E-state index in [1.54, 1.807) is 12.2 Å². The molecular formula is C24H10BBrN4. The van der Waals surface area contributed by atoms with E-state index >= 15 is 0 Å². The third-order valence-electron chi connectivity index (χ3n) is 5.33. The summed E-state index contributed by atoms with van der Waals surface area (Å²) >= 11 is 3.62. The Morgan fingerprint density at radius 3 is 2.20 bits per heavy atom. The number of allylic oxidation sites excluding steroid dienone is 3. The molecule has 1 aliphatic rings. The van der Waals surface area contributed by atoms with E-state index in [-0.39, 0.29) is 17.0 Å². The molecule has 0 amide bonds. The molecule has 0 bridgehead atoms. The number of hydrogen-bond donors (Lipinski definition) is 0. The fourth-order valence-electron chi connectivity index (χ4n) is 4.05. The lowest BCUT2D eigenvalue weighted by Crippen LogP contribution is -2.18. The molecule has 0 N–H and O–H groups in total. The van der Waals surface area contributed by atoms with Gasteiger partial charge in [0.15, 0.2) is 0 Å². The summed E-state index contributed by atoms with van der Waals surface area (Å²) in [7, 11) is 6.46. The summed E-state index contributed by atoms with van der Waals surface area (Å²) < 4.78 is 0.839. The molecule has 0 aliphatic heterocycles. The van der Waals surface area contributed by atoms with Crippen LogP contribution in [0.2, 0.25) is 0 Å². The first-order chi connectivity index (χ1) is 14.5. The van der Waals surface area contributed by atoms with Crippen molar-refractivity contribution in [2.45, 2.75) is 12.2 Å². The molecule has 6 heteroatoms. The summed E-state index contributed by atoms with van der Waals surface area (Å²) in [6.45, 7) is 0. The first-order valence-corrected chi connectivity index (χ1v) is 9.81. The van der Waals surface area contributed by atoms with Gasteiger partial charge in [0, 0.05) is 4.47 Å². The number of benzene rings is 3. The van der Waals surface area contributed by atoms with Gasteiger partial charge in [-0.1, -0.05) is 40.2 Å². The Morgan fingerprint density at radius 2 is 1.53 bits per heavy atom. The van der Waals surface area contributed by atoms with Crippen LogP contribution in [0.4, 0.5) is 0 Å². The Labute approximate surface area is 182 Å². The van der Waals surface area contributed by atoms with Gasteiger partial charge in [0.05, 0.1) is 7.85 Å². The summed E-state index contributed by atoms with van der Waals surface area (Å²) in [5.74, 6) is -0.274. The van der Waals surface area contributed by atoms with Crippen molar-refractivity contribution in [1.29, 1.82) is 21.0 Å². The van der Waals surface area contributed by atoms with E-state index in [9.17, 15) is 21.0 Å². The zero-order valence-corrected chi connectivity index (χ0v) is 17.2. The van der Waals surface area contributed by atoms with E-state index in [1.165, 1.54) is 0 Å². The molecule has 0 spiro atoms. The van der Waals surface area contributed by atoms with Crippen molar-refractivity contribution in [3.8, 4) is 24.3 Å². The van der Waals surface area contributed by atoms with Crippen LogP contribution in [0, 0.1) is 45.3 Å². The van der Waals surface area contributed by atoms with Gasteiger partial charge in [0.2, 0.25) is 0 Å². The minimum absolute atomic E-state index is 0.0186. The van der Waals surface area contributed by atoms with Gasteiger partial charge in [0.1, 0.15) is 35.4 Å². The lowest BCUT2D eigenvalue weighted by atomic mass is 9.70. The SMILES string of the molecule is [B]C1CC(C=C(C#N)C#N)=c2ccc3c(Br)cc(C=C(C#N)C#N)c4ccc1c2c34. The Kier molecular flexibility index (Phi) is 4.89. The molecule has 2 radical (unpaired) electrons. The predicted molar refractivity (Wildman–Crippen MR) is 119 cm³/mol. The number of nitrogens with zero attached hydrogens (tertiary/aromatic N) is 4. The molecule has 3 aromatic carbocycles. The average Bonchev–Trinajstić information content (AvgIpc) is 2.76. The van der Waals surface area contributed by atoms with Gasteiger partial charge in [-0.2, -0.15) is 21.0 Å². The van der Waals surface area contributed by atoms with Crippen LogP contribution >= 0.6 is 15.9 Å². The Bertz CT molecular complexity index is 1500. The average molecular weight is 445 g/mol. The van der Waals surface area contributed by atoms with Crippen LogP contribution in [0.5, 0.6) is 0 Å². The summed E-state index contributed by atoms with van der Waals surface area (Å²) in [6.07, 6.45) is 3.70. The molecule has 136 valence electrons. The van der Waals surface area contributed by atoms with Gasteiger partial charge in [-0.25, -0.2) is 0 Å². The van der Waals surface area contributed by atoms with Crippen LogP contribution in [0.15, 0.2) is 52.0 Å². The van der Waals surface area contributed by atoms with E-state index < -0.39 is 0 Å². The largest absolute Gasteiger partial charge is 0.192 e. The fraction of sp³-hybridized carbons (Fsp3) is 0.0833. The highest BCUT2D eigenvalue weighted by atomic mass is 79.9. The van der Waals surface area contributed by atoms with Crippen LogP contribution in [-0.4, -0.2) is 7.85 Å². The standard InChI is InChI=1S/C24H10BBrN4/c25-21-7-15(5-13(9-27)10-28)17-2-4-20-22(26)8-16(6-14(11-29)12-30)18-1-3-19(21)23(17)24(18)20/h1-6,8,21H,7H2. The summed E-state index contributed by atoms with van der Waals surface area (Å²) in [6, 6.07) is 17.5. The third kappa shape index (κ3) is 2.96. The van der Waals surface area contributed by atoms with Gasteiger partial charge in [-0.3, -0.25) is 0 Å². The summed E-state index contributed by atoms with van der Waals surface area (Å²) in [5, 5.41) is 41.5. The topological polar surface area (TPSA) is 95.2 Å². The third-order valence-corrected chi connectivity index (χ3v) is 5.98. The highest BCUT2D eigenvalue weighted by molar-refractivity contribution is 9.10. The maximum atomic E-state index is 9.19. The lowest BCUT2D eigenvalue weighted by molar-refractivity contribution is 0.966. The predicted octanol–water partition coefficient (Wildman–Crippen LogP) is 4.64. The zero-order chi connectivity index (χ0) is 21.4. The molecule has 1 aliphatic carbocycles. The maximum Gasteiger partial charge on any atom is 0.130 e. The van der Waals surface area contributed by atoms with E-state index in [4.69, 9.17) is 7.85 Å². The first kappa shape index (κ1) is 19.5. The molecular weight excluding hydrogens is 435 g/mol.